The molecule has 0 saturated carbocycles. The Balaban J connectivity index is 1.81. The predicted molar refractivity (Wildman–Crippen MR) is 135 cm³/mol. The molecule has 0 unspecified atom stereocenters. The molecule has 0 saturated heterocycles. The van der Waals surface area contributed by atoms with Crippen molar-refractivity contribution in [1.29, 1.82) is 0 Å². The molecule has 0 aliphatic carbocycles. The minimum Gasteiger partial charge on any atom is -0.496 e. The third-order valence-electron chi connectivity index (χ3n) is 5.93. The third-order valence-corrected chi connectivity index (χ3v) is 5.93. The van der Waals surface area contributed by atoms with E-state index in [-0.39, 0.29) is 17.1 Å². The zero-order valence-corrected chi connectivity index (χ0v) is 20.3. The number of methoxy groups -OCH3 is 1. The van der Waals surface area contributed by atoms with Crippen LogP contribution < -0.4 is 14.8 Å². The van der Waals surface area contributed by atoms with Crippen LogP contribution >= 0.6 is 0 Å². The summed E-state index contributed by atoms with van der Waals surface area (Å²) >= 11 is 0. The van der Waals surface area contributed by atoms with Crippen LogP contribution in [0.2, 0.25) is 0 Å². The van der Waals surface area contributed by atoms with Crippen LogP contribution in [-0.2, 0) is 17.8 Å². The van der Waals surface area contributed by atoms with Gasteiger partial charge in [-0.15, -0.1) is 0 Å². The standard InChI is InChI=1S/C29H30FNO3/c1-18-16-29(3,4)31-26-12-11-23(24-10-9-21(30)15-27(24)33-5)25(28(18)26)17-34-22-8-6-7-20(14-22)13-19(2)32/h6-12,14-16,31H,13,17H2,1-5H3. The second-order valence-corrected chi connectivity index (χ2v) is 9.35. The summed E-state index contributed by atoms with van der Waals surface area (Å²) in [7, 11) is 1.54. The molecule has 0 spiro atoms. The van der Waals surface area contributed by atoms with Crippen molar-refractivity contribution in [2.24, 2.45) is 0 Å². The Hall–Kier alpha value is -3.60. The molecule has 1 aliphatic heterocycles. The molecule has 1 heterocycles. The number of carbonyl (C=O) groups is 1. The number of ketones is 1. The molecule has 1 N–H and O–H groups in total. The lowest BCUT2D eigenvalue weighted by Gasteiger charge is -2.33. The minimum atomic E-state index is -0.349. The molecule has 34 heavy (non-hydrogen) atoms. The summed E-state index contributed by atoms with van der Waals surface area (Å²) in [5.41, 5.74) is 6.69. The Morgan fingerprint density at radius 3 is 2.56 bits per heavy atom. The van der Waals surface area contributed by atoms with Crippen molar-refractivity contribution < 1.29 is 18.7 Å². The first kappa shape index (κ1) is 23.6. The van der Waals surface area contributed by atoms with Crippen LogP contribution in [-0.4, -0.2) is 18.4 Å². The fourth-order valence-electron chi connectivity index (χ4n) is 4.68. The van der Waals surface area contributed by atoms with Gasteiger partial charge in [0.25, 0.3) is 0 Å². The van der Waals surface area contributed by atoms with Crippen molar-refractivity contribution in [3.63, 3.8) is 0 Å². The molecule has 0 amide bonds. The highest BCUT2D eigenvalue weighted by molar-refractivity contribution is 5.88. The van der Waals surface area contributed by atoms with Crippen LogP contribution in [0, 0.1) is 5.82 Å². The maximum atomic E-state index is 13.9. The lowest BCUT2D eigenvalue weighted by Crippen LogP contribution is -2.32. The summed E-state index contributed by atoms with van der Waals surface area (Å²) in [4.78, 5) is 11.5. The Morgan fingerprint density at radius 1 is 1.06 bits per heavy atom. The Labute approximate surface area is 200 Å². The Morgan fingerprint density at radius 2 is 1.82 bits per heavy atom. The highest BCUT2D eigenvalue weighted by atomic mass is 19.1. The summed E-state index contributed by atoms with van der Waals surface area (Å²) in [6.07, 6.45) is 2.58. The van der Waals surface area contributed by atoms with E-state index in [9.17, 15) is 9.18 Å². The fourth-order valence-corrected chi connectivity index (χ4v) is 4.68. The highest BCUT2D eigenvalue weighted by Gasteiger charge is 2.27. The SMILES string of the molecule is COc1cc(F)ccc1-c1ccc2c(c1COc1cccc(CC(C)=O)c1)C(C)=CC(C)(C)N2. The molecule has 4 rings (SSSR count). The number of anilines is 1. The summed E-state index contributed by atoms with van der Waals surface area (Å²) in [5.74, 6) is 0.919. The smallest absolute Gasteiger partial charge is 0.134 e. The molecule has 0 radical (unpaired) electrons. The summed E-state index contributed by atoms with van der Waals surface area (Å²) < 4.78 is 25.7. The summed E-state index contributed by atoms with van der Waals surface area (Å²) in [6.45, 7) is 8.25. The number of fused-ring (bicyclic) bond motifs is 1. The van der Waals surface area contributed by atoms with Crippen molar-refractivity contribution in [3.8, 4) is 22.6 Å². The first-order valence-corrected chi connectivity index (χ1v) is 11.4. The van der Waals surface area contributed by atoms with Gasteiger partial charge < -0.3 is 14.8 Å². The van der Waals surface area contributed by atoms with Gasteiger partial charge in [-0.25, -0.2) is 4.39 Å². The van der Waals surface area contributed by atoms with E-state index in [1.807, 2.05) is 30.3 Å². The lowest BCUT2D eigenvalue weighted by molar-refractivity contribution is -0.116. The van der Waals surface area contributed by atoms with Crippen LogP contribution in [0.5, 0.6) is 11.5 Å². The largest absolute Gasteiger partial charge is 0.496 e. The normalized spacial score (nSPS) is 14.0. The average molecular weight is 460 g/mol. The van der Waals surface area contributed by atoms with Gasteiger partial charge in [0.15, 0.2) is 0 Å². The van der Waals surface area contributed by atoms with Crippen LogP contribution in [0.25, 0.3) is 16.7 Å². The van der Waals surface area contributed by atoms with Gasteiger partial charge in [-0.05, 0) is 74.7 Å². The number of Topliss-reactive ketones (excluding diaryl/α,β-unsaturated/α-hetero) is 1. The van der Waals surface area contributed by atoms with E-state index in [0.717, 1.165) is 39.1 Å². The topological polar surface area (TPSA) is 47.6 Å². The molecule has 4 nitrogen and oxygen atoms in total. The minimum absolute atomic E-state index is 0.106. The first-order chi connectivity index (χ1) is 16.2. The second kappa shape index (κ2) is 9.34. The van der Waals surface area contributed by atoms with Crippen LogP contribution in [0.3, 0.4) is 0 Å². The molecule has 3 aromatic rings. The van der Waals surface area contributed by atoms with Crippen molar-refractivity contribution in [2.75, 3.05) is 12.4 Å². The van der Waals surface area contributed by atoms with E-state index in [1.54, 1.807) is 20.1 Å². The van der Waals surface area contributed by atoms with E-state index in [2.05, 4.69) is 38.2 Å². The van der Waals surface area contributed by atoms with Gasteiger partial charge in [-0.2, -0.15) is 0 Å². The molecule has 0 fully saturated rings. The number of rotatable bonds is 7. The lowest BCUT2D eigenvalue weighted by atomic mass is 9.85. The van der Waals surface area contributed by atoms with Gasteiger partial charge in [0.1, 0.15) is 29.7 Å². The van der Waals surface area contributed by atoms with Crippen LogP contribution in [0.4, 0.5) is 10.1 Å². The summed E-state index contributed by atoms with van der Waals surface area (Å²) in [5, 5.41) is 3.59. The second-order valence-electron chi connectivity index (χ2n) is 9.35. The van der Waals surface area contributed by atoms with Gasteiger partial charge in [0, 0.05) is 34.9 Å². The highest BCUT2D eigenvalue weighted by Crippen LogP contribution is 2.42. The molecule has 0 aromatic heterocycles. The zero-order valence-electron chi connectivity index (χ0n) is 20.3. The average Bonchev–Trinajstić information content (AvgIpc) is 2.76. The molecule has 3 aromatic carbocycles. The third kappa shape index (κ3) is 4.98. The Kier molecular flexibility index (Phi) is 6.47. The fraction of sp³-hybridized carbons (Fsp3) is 0.276. The molecule has 1 aliphatic rings. The van der Waals surface area contributed by atoms with Gasteiger partial charge in [-0.3, -0.25) is 4.79 Å². The van der Waals surface area contributed by atoms with E-state index in [4.69, 9.17) is 9.47 Å². The quantitative estimate of drug-likeness (QED) is 0.421. The molecule has 5 heteroatoms. The van der Waals surface area contributed by atoms with Crippen molar-refractivity contribution in [3.05, 3.63) is 83.2 Å². The van der Waals surface area contributed by atoms with Crippen LogP contribution in [0.1, 0.15) is 44.4 Å². The number of ether oxygens (including phenoxy) is 2. The molecular formula is C29H30FNO3. The maximum Gasteiger partial charge on any atom is 0.134 e. The number of carbonyl (C=O) groups excluding carboxylic acids is 1. The molecule has 0 bridgehead atoms. The zero-order chi connectivity index (χ0) is 24.5. The van der Waals surface area contributed by atoms with Crippen molar-refractivity contribution in [1.82, 2.24) is 0 Å². The van der Waals surface area contributed by atoms with Gasteiger partial charge >= 0.3 is 0 Å². The van der Waals surface area contributed by atoms with Crippen LogP contribution in [0.15, 0.2) is 60.7 Å². The monoisotopic (exact) mass is 459 g/mol. The number of nitrogens with one attached hydrogen (secondary N) is 1. The van der Waals surface area contributed by atoms with Gasteiger partial charge in [-0.1, -0.05) is 24.3 Å². The van der Waals surface area contributed by atoms with Crippen molar-refractivity contribution >= 4 is 17.0 Å². The van der Waals surface area contributed by atoms with E-state index >= 15 is 0 Å². The Bertz CT molecular complexity index is 1280. The molecule has 0 atom stereocenters. The predicted octanol–water partition coefficient (Wildman–Crippen LogP) is 6.82. The number of hydrogen-bond donors (Lipinski definition) is 1. The maximum absolute atomic E-state index is 13.9. The van der Waals surface area contributed by atoms with E-state index in [1.165, 1.54) is 12.1 Å². The van der Waals surface area contributed by atoms with E-state index < -0.39 is 0 Å². The van der Waals surface area contributed by atoms with Crippen molar-refractivity contribution in [2.45, 2.75) is 46.3 Å². The number of allylic oxidation sites excluding steroid dienone is 1. The van der Waals surface area contributed by atoms with E-state index in [0.29, 0.717) is 24.5 Å². The number of benzene rings is 3. The molecular weight excluding hydrogens is 429 g/mol. The first-order valence-electron chi connectivity index (χ1n) is 11.4. The number of halogens is 1. The number of hydrogen-bond acceptors (Lipinski definition) is 4. The summed E-state index contributed by atoms with van der Waals surface area (Å²) in [6, 6.07) is 16.3. The van der Waals surface area contributed by atoms with Gasteiger partial charge in [0.05, 0.1) is 12.6 Å². The van der Waals surface area contributed by atoms with Gasteiger partial charge in [0.2, 0.25) is 0 Å². The molecule has 176 valence electrons.